The molecule has 6 nitrogen and oxygen atoms in total. The molecule has 0 saturated carbocycles. The summed E-state index contributed by atoms with van der Waals surface area (Å²) in [5.74, 6) is -0.859. The lowest BCUT2D eigenvalue weighted by atomic mass is 10.3. The van der Waals surface area contributed by atoms with Crippen LogP contribution in [-0.2, 0) is 4.79 Å². The first-order valence-electron chi connectivity index (χ1n) is 4.78. The Balaban J connectivity index is 2.14. The molecule has 2 aromatic rings. The predicted molar refractivity (Wildman–Crippen MR) is 57.9 cm³/mol. The summed E-state index contributed by atoms with van der Waals surface area (Å²) in [6.07, 6.45) is 3.22. The minimum Gasteiger partial charge on any atom is -0.549 e. The number of carbonyl (C=O) groups is 1. The zero-order valence-electron chi connectivity index (χ0n) is 8.86. The Morgan fingerprint density at radius 2 is 2.35 bits per heavy atom. The average Bonchev–Trinajstić information content (AvgIpc) is 2.78. The summed E-state index contributed by atoms with van der Waals surface area (Å²) < 4.78 is 5.30. The van der Waals surface area contributed by atoms with Crippen molar-refractivity contribution in [1.29, 1.82) is 0 Å². The van der Waals surface area contributed by atoms with Gasteiger partial charge in [0.15, 0.2) is 0 Å². The maximum atomic E-state index is 10.5. The van der Waals surface area contributed by atoms with Crippen LogP contribution in [-0.4, -0.2) is 26.4 Å². The van der Waals surface area contributed by atoms with Gasteiger partial charge in [0.25, 0.3) is 5.22 Å². The average molecular weight is 250 g/mol. The lowest BCUT2D eigenvalue weighted by molar-refractivity contribution is -0.304. The van der Waals surface area contributed by atoms with Crippen LogP contribution in [0.3, 0.4) is 0 Å². The highest BCUT2D eigenvalue weighted by molar-refractivity contribution is 8.00. The van der Waals surface area contributed by atoms with E-state index in [2.05, 4.69) is 15.2 Å². The molecule has 0 aromatic carbocycles. The van der Waals surface area contributed by atoms with Crippen LogP contribution >= 0.6 is 11.8 Å². The number of carboxylic acid groups (broad SMARTS) is 1. The molecule has 1 atom stereocenters. The number of aliphatic carboxylic acids is 1. The second-order valence-electron chi connectivity index (χ2n) is 3.19. The number of hydrogen-bond acceptors (Lipinski definition) is 7. The third-order valence-electron chi connectivity index (χ3n) is 1.92. The highest BCUT2D eigenvalue weighted by Crippen LogP contribution is 2.25. The summed E-state index contributed by atoms with van der Waals surface area (Å²) in [6, 6.07) is 3.52. The van der Waals surface area contributed by atoms with Gasteiger partial charge in [-0.2, -0.15) is 0 Å². The van der Waals surface area contributed by atoms with Crippen molar-refractivity contribution in [2.75, 3.05) is 0 Å². The molecule has 0 bridgehead atoms. The Hall–Kier alpha value is -1.89. The SMILES string of the molecule is C[C@@H](Sc1nnc(-c2cccnc2)o1)C(=O)[O-]. The second-order valence-corrected chi connectivity index (χ2v) is 4.49. The molecule has 0 aliphatic heterocycles. The molecule has 2 rings (SSSR count). The van der Waals surface area contributed by atoms with E-state index in [1.54, 1.807) is 24.5 Å². The Morgan fingerprint density at radius 3 is 3.00 bits per heavy atom. The number of rotatable bonds is 4. The maximum absolute atomic E-state index is 10.5. The number of aromatic nitrogens is 3. The molecule has 0 fully saturated rings. The van der Waals surface area contributed by atoms with Crippen molar-refractivity contribution in [3.05, 3.63) is 24.5 Å². The molecule has 88 valence electrons. The molecular formula is C10H8N3O3S-. The highest BCUT2D eigenvalue weighted by atomic mass is 32.2. The van der Waals surface area contributed by atoms with Crippen molar-refractivity contribution in [3.8, 4) is 11.5 Å². The smallest absolute Gasteiger partial charge is 0.277 e. The molecule has 0 N–H and O–H groups in total. The van der Waals surface area contributed by atoms with Crippen molar-refractivity contribution < 1.29 is 14.3 Å². The molecule has 7 heteroatoms. The van der Waals surface area contributed by atoms with E-state index in [-0.39, 0.29) is 5.22 Å². The summed E-state index contributed by atoms with van der Waals surface area (Å²) in [6.45, 7) is 1.49. The highest BCUT2D eigenvalue weighted by Gasteiger charge is 2.13. The minimum absolute atomic E-state index is 0.195. The van der Waals surface area contributed by atoms with Gasteiger partial charge in [0.2, 0.25) is 5.89 Å². The molecular weight excluding hydrogens is 242 g/mol. The molecule has 17 heavy (non-hydrogen) atoms. The summed E-state index contributed by atoms with van der Waals surface area (Å²) >= 11 is 0.944. The fraction of sp³-hybridized carbons (Fsp3) is 0.200. The zero-order chi connectivity index (χ0) is 12.3. The molecule has 2 heterocycles. The quantitative estimate of drug-likeness (QED) is 0.723. The van der Waals surface area contributed by atoms with Gasteiger partial charge in [0.05, 0.1) is 16.8 Å². The van der Waals surface area contributed by atoms with E-state index in [9.17, 15) is 9.90 Å². The number of carboxylic acids is 1. The molecule has 0 spiro atoms. The Morgan fingerprint density at radius 1 is 1.53 bits per heavy atom. The van der Waals surface area contributed by atoms with Crippen LogP contribution in [0.15, 0.2) is 34.2 Å². The van der Waals surface area contributed by atoms with Crippen molar-refractivity contribution in [2.45, 2.75) is 17.4 Å². The molecule has 0 aliphatic carbocycles. The van der Waals surface area contributed by atoms with Crippen LogP contribution in [0.2, 0.25) is 0 Å². The van der Waals surface area contributed by atoms with E-state index in [0.29, 0.717) is 11.5 Å². The lowest BCUT2D eigenvalue weighted by Crippen LogP contribution is -2.31. The molecule has 0 amide bonds. The fourth-order valence-corrected chi connectivity index (χ4v) is 1.68. The molecule has 2 aromatic heterocycles. The van der Waals surface area contributed by atoms with Crippen LogP contribution in [0.5, 0.6) is 0 Å². The molecule has 0 radical (unpaired) electrons. The second kappa shape index (κ2) is 4.96. The van der Waals surface area contributed by atoms with Crippen molar-refractivity contribution >= 4 is 17.7 Å². The van der Waals surface area contributed by atoms with Crippen LogP contribution in [0.1, 0.15) is 6.92 Å². The first-order chi connectivity index (χ1) is 8.16. The van der Waals surface area contributed by atoms with Crippen LogP contribution in [0.25, 0.3) is 11.5 Å². The fourth-order valence-electron chi connectivity index (χ4n) is 1.06. The molecule has 0 aliphatic rings. The number of hydrogen-bond donors (Lipinski definition) is 0. The van der Waals surface area contributed by atoms with E-state index in [1.807, 2.05) is 0 Å². The molecule has 0 unspecified atom stereocenters. The number of nitrogens with zero attached hydrogens (tertiary/aromatic N) is 3. The summed E-state index contributed by atoms with van der Waals surface area (Å²) in [5.41, 5.74) is 0.688. The monoisotopic (exact) mass is 250 g/mol. The number of thioether (sulfide) groups is 1. The summed E-state index contributed by atoms with van der Waals surface area (Å²) in [4.78, 5) is 14.5. The first-order valence-corrected chi connectivity index (χ1v) is 5.66. The van der Waals surface area contributed by atoms with E-state index < -0.39 is 11.2 Å². The third-order valence-corrected chi connectivity index (χ3v) is 2.84. The zero-order valence-corrected chi connectivity index (χ0v) is 9.68. The lowest BCUT2D eigenvalue weighted by Gasteiger charge is -2.07. The number of carbonyl (C=O) groups excluding carboxylic acids is 1. The van der Waals surface area contributed by atoms with E-state index in [0.717, 1.165) is 11.8 Å². The van der Waals surface area contributed by atoms with Gasteiger partial charge in [-0.05, 0) is 19.1 Å². The van der Waals surface area contributed by atoms with Crippen LogP contribution < -0.4 is 5.11 Å². The van der Waals surface area contributed by atoms with Crippen molar-refractivity contribution in [2.24, 2.45) is 0 Å². The number of pyridine rings is 1. The van der Waals surface area contributed by atoms with Crippen LogP contribution in [0.4, 0.5) is 0 Å². The Kier molecular flexibility index (Phi) is 3.38. The maximum Gasteiger partial charge on any atom is 0.277 e. The van der Waals surface area contributed by atoms with Gasteiger partial charge >= 0.3 is 0 Å². The van der Waals surface area contributed by atoms with Gasteiger partial charge < -0.3 is 14.3 Å². The largest absolute Gasteiger partial charge is 0.549 e. The predicted octanol–water partition coefficient (Wildman–Crippen LogP) is 0.362. The Bertz CT molecular complexity index is 515. The van der Waals surface area contributed by atoms with Gasteiger partial charge in [-0.1, -0.05) is 11.8 Å². The summed E-state index contributed by atoms with van der Waals surface area (Å²) in [7, 11) is 0. The minimum atomic E-state index is -1.17. The van der Waals surface area contributed by atoms with Crippen molar-refractivity contribution in [1.82, 2.24) is 15.2 Å². The van der Waals surface area contributed by atoms with Gasteiger partial charge in [-0.25, -0.2) is 0 Å². The van der Waals surface area contributed by atoms with E-state index >= 15 is 0 Å². The standard InChI is InChI=1S/C10H9N3O3S/c1-6(9(14)15)17-10-13-12-8(16-10)7-3-2-4-11-5-7/h2-6H,1H3,(H,14,15)/p-1/t6-/m1/s1. The van der Waals surface area contributed by atoms with Gasteiger partial charge in [0.1, 0.15) is 0 Å². The van der Waals surface area contributed by atoms with E-state index in [4.69, 9.17) is 4.42 Å². The van der Waals surface area contributed by atoms with Crippen molar-refractivity contribution in [3.63, 3.8) is 0 Å². The Labute approximate surface area is 101 Å². The van der Waals surface area contributed by atoms with Gasteiger partial charge in [-0.15, -0.1) is 10.2 Å². The first kappa shape index (κ1) is 11.6. The summed E-state index contributed by atoms with van der Waals surface area (Å²) in [5, 5.41) is 17.6. The van der Waals surface area contributed by atoms with E-state index in [1.165, 1.54) is 6.92 Å². The normalized spacial score (nSPS) is 12.3. The van der Waals surface area contributed by atoms with Gasteiger partial charge in [0, 0.05) is 12.4 Å². The van der Waals surface area contributed by atoms with Crippen LogP contribution in [0, 0.1) is 0 Å². The third kappa shape index (κ3) is 2.82. The van der Waals surface area contributed by atoms with Gasteiger partial charge in [-0.3, -0.25) is 4.98 Å². The topological polar surface area (TPSA) is 91.9 Å². The molecule has 0 saturated heterocycles.